The van der Waals surface area contributed by atoms with Crippen molar-refractivity contribution in [2.45, 2.75) is 37.7 Å². The van der Waals surface area contributed by atoms with E-state index >= 15 is 0 Å². The molecule has 2 aromatic rings. The van der Waals surface area contributed by atoms with Crippen molar-refractivity contribution in [2.75, 3.05) is 13.7 Å². The second kappa shape index (κ2) is 9.18. The number of ketones is 3. The number of hydrogen-bond acceptors (Lipinski definition) is 11. The fraction of sp³-hybridized carbons (Fsp3) is 0.346. The Bertz CT molecular complexity index is 1360. The summed E-state index contributed by atoms with van der Waals surface area (Å²) in [6, 6.07) is 3.69. The zero-order valence-corrected chi connectivity index (χ0v) is 19.8. The van der Waals surface area contributed by atoms with Crippen molar-refractivity contribution in [3.05, 3.63) is 63.6 Å². The number of aliphatic hydroxyl groups is 2. The van der Waals surface area contributed by atoms with Crippen LogP contribution in [0.1, 0.15) is 61.9 Å². The lowest BCUT2D eigenvalue weighted by atomic mass is 9.73. The van der Waals surface area contributed by atoms with Crippen LogP contribution in [0, 0.1) is 5.92 Å². The van der Waals surface area contributed by atoms with Gasteiger partial charge in [0.25, 0.3) is 0 Å². The number of methoxy groups -OCH3 is 1. The molecule has 6 N–H and O–H groups in total. The molecule has 1 aliphatic heterocycles. The maximum atomic E-state index is 13.6. The lowest BCUT2D eigenvalue weighted by Crippen LogP contribution is -2.37. The normalized spacial score (nSPS) is 24.4. The molecule has 0 amide bonds. The van der Waals surface area contributed by atoms with E-state index in [1.807, 2.05) is 0 Å². The van der Waals surface area contributed by atoms with Gasteiger partial charge in [-0.1, -0.05) is 12.1 Å². The maximum absolute atomic E-state index is 13.6. The minimum atomic E-state index is -1.08. The lowest BCUT2D eigenvalue weighted by molar-refractivity contribution is -0.166. The van der Waals surface area contributed by atoms with Gasteiger partial charge in [0, 0.05) is 29.0 Å². The van der Waals surface area contributed by atoms with Crippen LogP contribution in [0.3, 0.4) is 0 Å². The zero-order valence-electron chi connectivity index (χ0n) is 19.8. The molecule has 37 heavy (non-hydrogen) atoms. The van der Waals surface area contributed by atoms with Crippen LogP contribution in [0.25, 0.3) is 0 Å². The van der Waals surface area contributed by atoms with Crippen molar-refractivity contribution in [2.24, 2.45) is 11.7 Å². The number of phenolic OH excluding ortho intramolecular Hbond substituents is 2. The van der Waals surface area contributed by atoms with Gasteiger partial charge in [0.15, 0.2) is 11.6 Å². The minimum Gasteiger partial charge on any atom is -0.507 e. The maximum Gasteiger partial charge on any atom is 0.202 e. The quantitative estimate of drug-likeness (QED) is 0.313. The number of aromatic hydroxyl groups is 2. The van der Waals surface area contributed by atoms with Gasteiger partial charge in [-0.2, -0.15) is 0 Å². The molecule has 5 rings (SSSR count). The van der Waals surface area contributed by atoms with Crippen LogP contribution in [0.5, 0.6) is 17.2 Å². The number of hydrogen-bond donors (Lipinski definition) is 5. The van der Waals surface area contributed by atoms with Gasteiger partial charge < -0.3 is 40.4 Å². The highest BCUT2D eigenvalue weighted by Gasteiger charge is 2.44. The Hall–Kier alpha value is -3.93. The van der Waals surface area contributed by atoms with E-state index in [-0.39, 0.29) is 58.6 Å². The minimum absolute atomic E-state index is 0.00859. The van der Waals surface area contributed by atoms with E-state index in [0.717, 1.165) is 6.26 Å². The van der Waals surface area contributed by atoms with E-state index in [9.17, 15) is 34.8 Å². The second-order valence-corrected chi connectivity index (χ2v) is 9.22. The highest BCUT2D eigenvalue weighted by molar-refractivity contribution is 6.31. The summed E-state index contributed by atoms with van der Waals surface area (Å²) < 4.78 is 16.7. The summed E-state index contributed by atoms with van der Waals surface area (Å²) in [7, 11) is 1.34. The SMILES string of the molecule is COc1cccc2c1C(=O)c1c(O)c3c(c(O)c1C2=O)CC(C(=O)CO)CC3OC1CC(N)C(O)=CO1. The number of carbonyl (C=O) groups is 3. The standard InChI is InChI=1S/C26H25NO10/c1-35-16-4-2-3-11-19(16)25(33)22-21(23(11)31)24(32)12-5-10(14(29)8-28)6-17(20(12)26(22)34)37-18-7-13(27)15(30)9-36-18/h2-4,9-10,13,17-18,28,30,32,34H,5-8,27H2,1H3. The molecule has 0 saturated heterocycles. The van der Waals surface area contributed by atoms with Gasteiger partial charge in [-0.25, -0.2) is 0 Å². The molecule has 0 radical (unpaired) electrons. The smallest absolute Gasteiger partial charge is 0.202 e. The highest BCUT2D eigenvalue weighted by Crippen LogP contribution is 2.51. The summed E-state index contributed by atoms with van der Waals surface area (Å²) in [5.74, 6) is -3.88. The van der Waals surface area contributed by atoms with Crippen molar-refractivity contribution >= 4 is 17.3 Å². The van der Waals surface area contributed by atoms with E-state index in [1.165, 1.54) is 25.3 Å². The number of phenols is 2. The van der Waals surface area contributed by atoms with Crippen molar-refractivity contribution in [3.63, 3.8) is 0 Å². The predicted molar refractivity (Wildman–Crippen MR) is 126 cm³/mol. The Morgan fingerprint density at radius 3 is 2.49 bits per heavy atom. The van der Waals surface area contributed by atoms with Crippen molar-refractivity contribution < 1.29 is 49.0 Å². The van der Waals surface area contributed by atoms with Gasteiger partial charge in [-0.05, 0) is 18.9 Å². The molecule has 11 nitrogen and oxygen atoms in total. The van der Waals surface area contributed by atoms with Gasteiger partial charge in [0.2, 0.25) is 12.1 Å². The van der Waals surface area contributed by atoms with Gasteiger partial charge in [0.05, 0.1) is 35.9 Å². The average molecular weight is 511 g/mol. The molecule has 1 heterocycles. The van der Waals surface area contributed by atoms with E-state index < -0.39 is 65.4 Å². The number of fused-ring (bicyclic) bond motifs is 3. The summed E-state index contributed by atoms with van der Waals surface area (Å²) in [6.07, 6.45) is -1.08. The number of rotatable bonds is 5. The van der Waals surface area contributed by atoms with Crippen LogP contribution >= 0.6 is 0 Å². The molecule has 194 valence electrons. The number of aliphatic hydroxyl groups excluding tert-OH is 2. The third-order valence-corrected chi connectivity index (χ3v) is 7.13. The van der Waals surface area contributed by atoms with Gasteiger partial charge in [-0.15, -0.1) is 0 Å². The van der Waals surface area contributed by atoms with Gasteiger partial charge in [0.1, 0.15) is 35.9 Å². The molecule has 4 atom stereocenters. The Kier molecular flexibility index (Phi) is 6.14. The summed E-state index contributed by atoms with van der Waals surface area (Å²) in [6.45, 7) is -0.754. The Balaban J connectivity index is 1.67. The molecule has 2 aromatic carbocycles. The first-order valence-electron chi connectivity index (χ1n) is 11.6. The molecule has 2 aliphatic carbocycles. The van der Waals surface area contributed by atoms with Crippen LogP contribution in [0.4, 0.5) is 0 Å². The number of ether oxygens (including phenoxy) is 3. The monoisotopic (exact) mass is 511 g/mol. The molecule has 0 saturated carbocycles. The van der Waals surface area contributed by atoms with E-state index in [4.69, 9.17) is 19.9 Å². The van der Waals surface area contributed by atoms with Crippen LogP contribution in [-0.2, 0) is 20.7 Å². The molecule has 0 aromatic heterocycles. The molecular weight excluding hydrogens is 486 g/mol. The molecule has 0 fully saturated rings. The molecule has 4 unspecified atom stereocenters. The molecule has 0 spiro atoms. The summed E-state index contributed by atoms with van der Waals surface area (Å²) in [5, 5.41) is 41.9. The molecule has 3 aliphatic rings. The highest BCUT2D eigenvalue weighted by atomic mass is 16.7. The van der Waals surface area contributed by atoms with Crippen LogP contribution in [0.15, 0.2) is 30.2 Å². The number of Topliss-reactive ketones (excluding diaryl/α,β-unsaturated/α-hetero) is 1. The fourth-order valence-electron chi connectivity index (χ4n) is 5.26. The Morgan fingerprint density at radius 1 is 1.08 bits per heavy atom. The average Bonchev–Trinajstić information content (AvgIpc) is 2.90. The van der Waals surface area contributed by atoms with Crippen LogP contribution in [-0.4, -0.2) is 63.8 Å². The van der Waals surface area contributed by atoms with E-state index in [2.05, 4.69) is 0 Å². The number of carbonyl (C=O) groups excluding carboxylic acids is 3. The third kappa shape index (κ3) is 3.82. The van der Waals surface area contributed by atoms with Crippen LogP contribution < -0.4 is 10.5 Å². The molecule has 11 heteroatoms. The topological polar surface area (TPSA) is 186 Å². The van der Waals surface area contributed by atoms with Crippen LogP contribution in [0.2, 0.25) is 0 Å². The first kappa shape index (κ1) is 24.8. The number of benzene rings is 2. The zero-order chi connectivity index (χ0) is 26.6. The lowest BCUT2D eigenvalue weighted by Gasteiger charge is -2.36. The first-order valence-corrected chi connectivity index (χ1v) is 11.6. The predicted octanol–water partition coefficient (Wildman–Crippen LogP) is 1.54. The number of nitrogens with two attached hydrogens (primary N) is 1. The third-order valence-electron chi connectivity index (χ3n) is 7.13. The molecular formula is C26H25NO10. The van der Waals surface area contributed by atoms with Crippen molar-refractivity contribution in [1.29, 1.82) is 0 Å². The van der Waals surface area contributed by atoms with E-state index in [1.54, 1.807) is 0 Å². The molecule has 0 bridgehead atoms. The largest absolute Gasteiger partial charge is 0.507 e. The van der Waals surface area contributed by atoms with Gasteiger partial charge in [-0.3, -0.25) is 14.4 Å². The fourth-order valence-corrected chi connectivity index (χ4v) is 5.26. The van der Waals surface area contributed by atoms with Crippen molar-refractivity contribution in [1.82, 2.24) is 0 Å². The Morgan fingerprint density at radius 2 is 1.81 bits per heavy atom. The first-order chi connectivity index (χ1) is 17.7. The summed E-state index contributed by atoms with van der Waals surface area (Å²) in [4.78, 5) is 39.5. The Labute approximate surface area is 210 Å². The van der Waals surface area contributed by atoms with E-state index in [0.29, 0.717) is 0 Å². The second-order valence-electron chi connectivity index (χ2n) is 9.22. The summed E-state index contributed by atoms with van der Waals surface area (Å²) >= 11 is 0. The van der Waals surface area contributed by atoms with Gasteiger partial charge >= 0.3 is 0 Å². The summed E-state index contributed by atoms with van der Waals surface area (Å²) in [5.41, 5.74) is 5.17. The van der Waals surface area contributed by atoms with Crippen molar-refractivity contribution in [3.8, 4) is 17.2 Å².